The zero-order chi connectivity index (χ0) is 11.4. The lowest BCUT2D eigenvalue weighted by Gasteiger charge is -2.03. The molecule has 0 fully saturated rings. The van der Waals surface area contributed by atoms with E-state index in [9.17, 15) is 4.79 Å². The fourth-order valence-electron chi connectivity index (χ4n) is 1.20. The van der Waals surface area contributed by atoms with Crippen molar-refractivity contribution in [1.29, 1.82) is 0 Å². The Morgan fingerprint density at radius 2 is 1.73 bits per heavy atom. The zero-order valence-electron chi connectivity index (χ0n) is 9.88. The quantitative estimate of drug-likeness (QED) is 0.562. The Kier molecular flexibility index (Phi) is 11.0. The van der Waals surface area contributed by atoms with E-state index in [1.54, 1.807) is 14.2 Å². The summed E-state index contributed by atoms with van der Waals surface area (Å²) in [7, 11) is 3.36. The summed E-state index contributed by atoms with van der Waals surface area (Å²) in [5.41, 5.74) is 0. The zero-order valence-corrected chi connectivity index (χ0v) is 9.88. The molecule has 90 valence electrons. The molecule has 0 atom stereocenters. The molecule has 0 rings (SSSR count). The summed E-state index contributed by atoms with van der Waals surface area (Å²) in [4.78, 5) is 10.8. The van der Waals surface area contributed by atoms with Crippen LogP contribution in [0.4, 0.5) is 0 Å². The number of rotatable bonds is 10. The largest absolute Gasteiger partial charge is 0.385 e. The first-order valence-corrected chi connectivity index (χ1v) is 5.58. The van der Waals surface area contributed by atoms with Crippen molar-refractivity contribution >= 4 is 5.91 Å². The Morgan fingerprint density at radius 3 is 2.33 bits per heavy atom. The van der Waals surface area contributed by atoms with Gasteiger partial charge in [0.05, 0.1) is 6.61 Å². The minimum Gasteiger partial charge on any atom is -0.385 e. The molecule has 0 aliphatic carbocycles. The maximum absolute atomic E-state index is 10.8. The minimum absolute atomic E-state index is 0.0371. The molecule has 0 saturated carbocycles. The first-order chi connectivity index (χ1) is 7.31. The molecule has 0 aliphatic heterocycles. The van der Waals surface area contributed by atoms with Gasteiger partial charge in [0.2, 0.25) is 5.91 Å². The van der Waals surface area contributed by atoms with Crippen LogP contribution in [0.5, 0.6) is 0 Å². The molecule has 0 unspecified atom stereocenters. The lowest BCUT2D eigenvalue weighted by atomic mass is 10.2. The number of ether oxygens (including phenoxy) is 2. The third-order valence-electron chi connectivity index (χ3n) is 2.14. The van der Waals surface area contributed by atoms with Crippen LogP contribution in [0.2, 0.25) is 0 Å². The molecule has 0 aromatic carbocycles. The summed E-state index contributed by atoms with van der Waals surface area (Å²) in [5.74, 6) is 0.0371. The van der Waals surface area contributed by atoms with Crippen LogP contribution in [0, 0.1) is 0 Å². The first kappa shape index (κ1) is 14.4. The van der Waals surface area contributed by atoms with E-state index >= 15 is 0 Å². The molecule has 0 radical (unpaired) electrons. The van der Waals surface area contributed by atoms with E-state index in [0.29, 0.717) is 13.0 Å². The number of methoxy groups -OCH3 is 1. The van der Waals surface area contributed by atoms with Gasteiger partial charge in [-0.15, -0.1) is 0 Å². The smallest absolute Gasteiger partial charge is 0.222 e. The number of nitrogens with one attached hydrogen (secondary N) is 1. The maximum atomic E-state index is 10.8. The molecule has 0 aromatic rings. The summed E-state index contributed by atoms with van der Waals surface area (Å²) < 4.78 is 10.3. The average molecular weight is 217 g/mol. The molecule has 4 heteroatoms. The Balaban J connectivity index is 2.95. The highest BCUT2D eigenvalue weighted by Crippen LogP contribution is 2.00. The van der Waals surface area contributed by atoms with Crippen LogP contribution in [0.1, 0.15) is 32.1 Å². The molecule has 15 heavy (non-hydrogen) atoms. The van der Waals surface area contributed by atoms with Gasteiger partial charge in [0.15, 0.2) is 0 Å². The van der Waals surface area contributed by atoms with Gasteiger partial charge < -0.3 is 14.8 Å². The van der Waals surface area contributed by atoms with Crippen LogP contribution < -0.4 is 5.32 Å². The van der Waals surface area contributed by atoms with Gasteiger partial charge in [-0.1, -0.05) is 12.8 Å². The topological polar surface area (TPSA) is 47.6 Å². The van der Waals surface area contributed by atoms with Crippen molar-refractivity contribution in [3.63, 3.8) is 0 Å². The van der Waals surface area contributed by atoms with Crippen molar-refractivity contribution in [2.45, 2.75) is 32.1 Å². The molecule has 0 aliphatic rings. The lowest BCUT2D eigenvalue weighted by Crippen LogP contribution is -2.19. The highest BCUT2D eigenvalue weighted by Gasteiger charge is 1.96. The fourth-order valence-corrected chi connectivity index (χ4v) is 1.20. The molecular formula is C11H23NO3. The summed E-state index contributed by atoms with van der Waals surface area (Å²) in [6.07, 6.45) is 5.00. The fraction of sp³-hybridized carbons (Fsp3) is 0.909. The predicted octanol–water partition coefficient (Wildman–Crippen LogP) is 1.35. The molecule has 1 N–H and O–H groups in total. The summed E-state index contributed by atoms with van der Waals surface area (Å²) in [5, 5.41) is 2.56. The van der Waals surface area contributed by atoms with Gasteiger partial charge in [0.25, 0.3) is 0 Å². The maximum Gasteiger partial charge on any atom is 0.222 e. The van der Waals surface area contributed by atoms with Crippen molar-refractivity contribution in [2.24, 2.45) is 0 Å². The molecule has 0 heterocycles. The molecule has 4 nitrogen and oxygen atoms in total. The van der Waals surface area contributed by atoms with Gasteiger partial charge in [-0.25, -0.2) is 0 Å². The van der Waals surface area contributed by atoms with E-state index in [1.165, 1.54) is 12.8 Å². The van der Waals surface area contributed by atoms with Crippen LogP contribution >= 0.6 is 0 Å². The van der Waals surface area contributed by atoms with Crippen LogP contribution in [-0.4, -0.2) is 39.9 Å². The standard InChI is InChI=1S/C11H23NO3/c1-12-11(13)7-10-15-9-6-4-3-5-8-14-2/h3-10H2,1-2H3,(H,12,13). The SMILES string of the molecule is CNC(=O)CCOCCCCCCOC. The van der Waals surface area contributed by atoms with Gasteiger partial charge >= 0.3 is 0 Å². The van der Waals surface area contributed by atoms with Crippen molar-refractivity contribution < 1.29 is 14.3 Å². The van der Waals surface area contributed by atoms with E-state index in [0.717, 1.165) is 26.1 Å². The van der Waals surface area contributed by atoms with Crippen molar-refractivity contribution in [1.82, 2.24) is 5.32 Å². The third kappa shape index (κ3) is 11.3. The molecule has 0 saturated heterocycles. The molecule has 0 bridgehead atoms. The van der Waals surface area contributed by atoms with Crippen molar-refractivity contribution in [3.8, 4) is 0 Å². The lowest BCUT2D eigenvalue weighted by molar-refractivity contribution is -0.121. The number of carbonyl (C=O) groups excluding carboxylic acids is 1. The van der Waals surface area contributed by atoms with Crippen LogP contribution in [0.15, 0.2) is 0 Å². The minimum atomic E-state index is 0.0371. The van der Waals surface area contributed by atoms with Gasteiger partial charge in [-0.2, -0.15) is 0 Å². The van der Waals surface area contributed by atoms with E-state index in [2.05, 4.69) is 5.32 Å². The van der Waals surface area contributed by atoms with E-state index in [1.807, 2.05) is 0 Å². The molecule has 0 spiro atoms. The summed E-state index contributed by atoms with van der Waals surface area (Å²) in [6.45, 7) is 2.12. The van der Waals surface area contributed by atoms with Gasteiger partial charge in [0.1, 0.15) is 0 Å². The highest BCUT2D eigenvalue weighted by atomic mass is 16.5. The predicted molar refractivity (Wildman–Crippen MR) is 59.8 cm³/mol. The van der Waals surface area contributed by atoms with Crippen LogP contribution in [-0.2, 0) is 14.3 Å². The number of carbonyl (C=O) groups is 1. The summed E-state index contributed by atoms with van der Waals surface area (Å²) >= 11 is 0. The van der Waals surface area contributed by atoms with Crippen LogP contribution in [0.3, 0.4) is 0 Å². The van der Waals surface area contributed by atoms with Crippen LogP contribution in [0.25, 0.3) is 0 Å². The van der Waals surface area contributed by atoms with E-state index < -0.39 is 0 Å². The monoisotopic (exact) mass is 217 g/mol. The number of unbranched alkanes of at least 4 members (excludes halogenated alkanes) is 3. The Labute approximate surface area is 92.3 Å². The normalized spacial score (nSPS) is 10.3. The Bertz CT molecular complexity index is 151. The van der Waals surface area contributed by atoms with Gasteiger partial charge in [-0.3, -0.25) is 4.79 Å². The van der Waals surface area contributed by atoms with Gasteiger partial charge in [0, 0.05) is 33.8 Å². The van der Waals surface area contributed by atoms with Crippen molar-refractivity contribution in [3.05, 3.63) is 0 Å². The van der Waals surface area contributed by atoms with Crippen molar-refractivity contribution in [2.75, 3.05) is 34.0 Å². The third-order valence-corrected chi connectivity index (χ3v) is 2.14. The second kappa shape index (κ2) is 11.5. The summed E-state index contributed by atoms with van der Waals surface area (Å²) in [6, 6.07) is 0. The Hall–Kier alpha value is -0.610. The second-order valence-electron chi connectivity index (χ2n) is 3.44. The molecule has 1 amide bonds. The Morgan fingerprint density at radius 1 is 1.07 bits per heavy atom. The first-order valence-electron chi connectivity index (χ1n) is 5.58. The molecule has 0 aromatic heterocycles. The molecular weight excluding hydrogens is 194 g/mol. The number of hydrogen-bond donors (Lipinski definition) is 1. The second-order valence-corrected chi connectivity index (χ2v) is 3.44. The van der Waals surface area contributed by atoms with E-state index in [-0.39, 0.29) is 5.91 Å². The average Bonchev–Trinajstić information content (AvgIpc) is 2.26. The highest BCUT2D eigenvalue weighted by molar-refractivity contribution is 5.75. The van der Waals surface area contributed by atoms with Gasteiger partial charge in [-0.05, 0) is 12.8 Å². The number of amides is 1. The number of hydrogen-bond acceptors (Lipinski definition) is 3. The van der Waals surface area contributed by atoms with E-state index in [4.69, 9.17) is 9.47 Å².